The second-order valence-electron chi connectivity index (χ2n) is 5.56. The Morgan fingerprint density at radius 3 is 2.90 bits per heavy atom. The molecule has 1 aliphatic rings. The number of nitrogens with zero attached hydrogens (tertiary/aromatic N) is 2. The molecule has 6 heteroatoms. The van der Waals surface area contributed by atoms with Gasteiger partial charge in [-0.15, -0.1) is 0 Å². The molecule has 0 aliphatic carbocycles. The highest BCUT2D eigenvalue weighted by atomic mass is 16.6. The van der Waals surface area contributed by atoms with Gasteiger partial charge in [0, 0.05) is 25.2 Å². The summed E-state index contributed by atoms with van der Waals surface area (Å²) in [6.45, 7) is 2.67. The number of likely N-dealkylation sites (N-methyl/N-ethyl adjacent to an activating group) is 1. The molecule has 0 radical (unpaired) electrons. The maximum atomic E-state index is 10.9. The van der Waals surface area contributed by atoms with Gasteiger partial charge in [-0.3, -0.25) is 10.1 Å². The van der Waals surface area contributed by atoms with E-state index in [1.165, 1.54) is 32.4 Å². The zero-order valence-electron chi connectivity index (χ0n) is 12.7. The van der Waals surface area contributed by atoms with Gasteiger partial charge in [-0.2, -0.15) is 0 Å². The van der Waals surface area contributed by atoms with E-state index in [0.717, 1.165) is 18.7 Å². The molecule has 1 atom stereocenters. The van der Waals surface area contributed by atoms with Crippen molar-refractivity contribution in [1.82, 2.24) is 10.2 Å². The number of non-ortho nitro benzene ring substituents is 1. The van der Waals surface area contributed by atoms with Crippen LogP contribution in [0.25, 0.3) is 0 Å². The normalized spacial score (nSPS) is 19.4. The van der Waals surface area contributed by atoms with Crippen LogP contribution in [-0.2, 0) is 6.54 Å². The van der Waals surface area contributed by atoms with E-state index in [4.69, 9.17) is 4.74 Å². The molecule has 1 aliphatic heterocycles. The molecular formula is C15H23N3O3. The molecular weight excluding hydrogens is 270 g/mol. The molecule has 1 aromatic rings. The monoisotopic (exact) mass is 293 g/mol. The first-order valence-corrected chi connectivity index (χ1v) is 7.33. The van der Waals surface area contributed by atoms with Crippen LogP contribution in [0, 0.1) is 10.1 Å². The summed E-state index contributed by atoms with van der Waals surface area (Å²) < 4.78 is 5.12. The minimum absolute atomic E-state index is 0.0703. The van der Waals surface area contributed by atoms with Gasteiger partial charge < -0.3 is 15.0 Å². The molecule has 21 heavy (non-hydrogen) atoms. The molecule has 1 N–H and O–H groups in total. The highest BCUT2D eigenvalue weighted by Gasteiger charge is 2.18. The third-order valence-corrected chi connectivity index (χ3v) is 4.03. The van der Waals surface area contributed by atoms with Crippen molar-refractivity contribution in [3.8, 4) is 5.75 Å². The van der Waals surface area contributed by atoms with Crippen molar-refractivity contribution in [2.75, 3.05) is 27.2 Å². The van der Waals surface area contributed by atoms with Crippen LogP contribution in [0.2, 0.25) is 0 Å². The first-order chi connectivity index (χ1) is 10.1. The number of hydrogen-bond acceptors (Lipinski definition) is 5. The molecule has 1 aromatic carbocycles. The minimum Gasteiger partial charge on any atom is -0.496 e. The Morgan fingerprint density at radius 2 is 2.24 bits per heavy atom. The van der Waals surface area contributed by atoms with Gasteiger partial charge in [-0.25, -0.2) is 0 Å². The average molecular weight is 293 g/mol. The summed E-state index contributed by atoms with van der Waals surface area (Å²) in [5, 5.41) is 14.3. The number of hydrogen-bond donors (Lipinski definition) is 1. The first-order valence-electron chi connectivity index (χ1n) is 7.33. The van der Waals surface area contributed by atoms with Gasteiger partial charge in [0.1, 0.15) is 5.75 Å². The molecule has 1 fully saturated rings. The van der Waals surface area contributed by atoms with E-state index >= 15 is 0 Å². The van der Waals surface area contributed by atoms with Crippen LogP contribution < -0.4 is 10.1 Å². The molecule has 0 amide bonds. The molecule has 0 spiro atoms. The van der Waals surface area contributed by atoms with E-state index in [2.05, 4.69) is 17.3 Å². The highest BCUT2D eigenvalue weighted by molar-refractivity contribution is 5.42. The number of nitro benzene ring substituents is 1. The number of piperidine rings is 1. The fourth-order valence-electron chi connectivity index (χ4n) is 2.75. The summed E-state index contributed by atoms with van der Waals surface area (Å²) >= 11 is 0. The number of benzene rings is 1. The van der Waals surface area contributed by atoms with Gasteiger partial charge in [0.15, 0.2) is 0 Å². The number of nitrogens with one attached hydrogen (secondary N) is 1. The number of ether oxygens (including phenoxy) is 1. The summed E-state index contributed by atoms with van der Waals surface area (Å²) in [5.41, 5.74) is 0.945. The summed E-state index contributed by atoms with van der Waals surface area (Å²) in [6, 6.07) is 5.43. The summed E-state index contributed by atoms with van der Waals surface area (Å²) in [5.74, 6) is 0.524. The van der Waals surface area contributed by atoms with Gasteiger partial charge in [0.05, 0.1) is 18.1 Å². The largest absolute Gasteiger partial charge is 0.496 e. The van der Waals surface area contributed by atoms with Crippen LogP contribution in [0.1, 0.15) is 24.8 Å². The fourth-order valence-corrected chi connectivity index (χ4v) is 2.75. The van der Waals surface area contributed by atoms with Crippen molar-refractivity contribution < 1.29 is 9.66 Å². The Labute approximate surface area is 125 Å². The molecule has 116 valence electrons. The van der Waals surface area contributed by atoms with Gasteiger partial charge >= 0.3 is 0 Å². The van der Waals surface area contributed by atoms with Crippen molar-refractivity contribution in [3.63, 3.8) is 0 Å². The molecule has 6 nitrogen and oxygen atoms in total. The van der Waals surface area contributed by atoms with Crippen molar-refractivity contribution in [2.45, 2.75) is 31.8 Å². The van der Waals surface area contributed by atoms with Gasteiger partial charge in [-0.1, -0.05) is 6.42 Å². The Balaban J connectivity index is 1.93. The van der Waals surface area contributed by atoms with Crippen molar-refractivity contribution in [3.05, 3.63) is 33.9 Å². The summed E-state index contributed by atoms with van der Waals surface area (Å²) in [4.78, 5) is 12.9. The predicted octanol–water partition coefficient (Wildman–Crippen LogP) is 2.18. The quantitative estimate of drug-likeness (QED) is 0.643. The van der Waals surface area contributed by atoms with Crippen LogP contribution >= 0.6 is 0 Å². The van der Waals surface area contributed by atoms with Crippen molar-refractivity contribution in [2.24, 2.45) is 0 Å². The first kappa shape index (κ1) is 15.7. The van der Waals surface area contributed by atoms with Gasteiger partial charge in [-0.05, 0) is 38.1 Å². The maximum Gasteiger partial charge on any atom is 0.273 e. The number of nitro groups is 1. The lowest BCUT2D eigenvalue weighted by molar-refractivity contribution is -0.385. The maximum absolute atomic E-state index is 10.9. The average Bonchev–Trinajstić information content (AvgIpc) is 2.49. The Morgan fingerprint density at radius 1 is 1.43 bits per heavy atom. The molecule has 2 rings (SSSR count). The Kier molecular flexibility index (Phi) is 5.52. The standard InChI is InChI=1S/C15H23N3O3/c1-17-6-4-3-5-13(17)11-16-10-12-7-14(18(19)20)9-15(8-12)21-2/h7-9,13,16H,3-6,10-11H2,1-2H3. The SMILES string of the molecule is COc1cc(CNCC2CCCCN2C)cc([N+](=O)[O-])c1. The molecule has 1 heterocycles. The third-order valence-electron chi connectivity index (χ3n) is 4.03. The van der Waals surface area contributed by atoms with Gasteiger partial charge in [0.25, 0.3) is 5.69 Å². The van der Waals surface area contributed by atoms with E-state index in [1.54, 1.807) is 6.07 Å². The van der Waals surface area contributed by atoms with E-state index in [-0.39, 0.29) is 10.6 Å². The second kappa shape index (κ2) is 7.38. The lowest BCUT2D eigenvalue weighted by Crippen LogP contribution is -2.42. The summed E-state index contributed by atoms with van der Waals surface area (Å²) in [6.07, 6.45) is 3.76. The zero-order chi connectivity index (χ0) is 15.2. The van der Waals surface area contributed by atoms with E-state index < -0.39 is 0 Å². The van der Waals surface area contributed by atoms with E-state index in [9.17, 15) is 10.1 Å². The van der Waals surface area contributed by atoms with Crippen molar-refractivity contribution in [1.29, 1.82) is 0 Å². The van der Waals surface area contributed by atoms with Crippen LogP contribution in [0.3, 0.4) is 0 Å². The molecule has 0 bridgehead atoms. The third kappa shape index (κ3) is 4.41. The van der Waals surface area contributed by atoms with E-state index in [0.29, 0.717) is 18.3 Å². The lowest BCUT2D eigenvalue weighted by atomic mass is 10.0. The minimum atomic E-state index is -0.388. The zero-order valence-corrected chi connectivity index (χ0v) is 12.7. The highest BCUT2D eigenvalue weighted by Crippen LogP contribution is 2.22. The predicted molar refractivity (Wildman–Crippen MR) is 81.6 cm³/mol. The molecule has 0 aromatic heterocycles. The fraction of sp³-hybridized carbons (Fsp3) is 0.600. The molecule has 1 unspecified atom stereocenters. The van der Waals surface area contributed by atoms with Crippen LogP contribution in [0.4, 0.5) is 5.69 Å². The lowest BCUT2D eigenvalue weighted by Gasteiger charge is -2.32. The second-order valence-corrected chi connectivity index (χ2v) is 5.56. The van der Waals surface area contributed by atoms with Crippen molar-refractivity contribution >= 4 is 5.69 Å². The van der Waals surface area contributed by atoms with E-state index in [1.807, 2.05) is 6.07 Å². The Bertz CT molecular complexity index is 493. The van der Waals surface area contributed by atoms with Crippen LogP contribution in [0.15, 0.2) is 18.2 Å². The van der Waals surface area contributed by atoms with Gasteiger partial charge in [0.2, 0.25) is 0 Å². The topological polar surface area (TPSA) is 67.6 Å². The van der Waals surface area contributed by atoms with Crippen LogP contribution in [0.5, 0.6) is 5.75 Å². The number of rotatable bonds is 6. The molecule has 1 saturated heterocycles. The number of likely N-dealkylation sites (tertiary alicyclic amines) is 1. The molecule has 0 saturated carbocycles. The Hall–Kier alpha value is -1.66. The number of methoxy groups -OCH3 is 1. The van der Waals surface area contributed by atoms with Crippen LogP contribution in [-0.4, -0.2) is 43.1 Å². The summed E-state index contributed by atoms with van der Waals surface area (Å²) in [7, 11) is 3.68. The smallest absolute Gasteiger partial charge is 0.273 e.